The predicted molar refractivity (Wildman–Crippen MR) is 67.3 cm³/mol. The van der Waals surface area contributed by atoms with Crippen LogP contribution >= 0.6 is 27.5 Å². The molecule has 0 atom stereocenters. The van der Waals surface area contributed by atoms with Crippen LogP contribution in [0.4, 0.5) is 4.39 Å². The number of hydrogen-bond donors (Lipinski definition) is 1. The molecule has 1 N–H and O–H groups in total. The third kappa shape index (κ3) is 2.94. The van der Waals surface area contributed by atoms with Crippen molar-refractivity contribution in [3.63, 3.8) is 0 Å². The Kier molecular flexibility index (Phi) is 4.19. The van der Waals surface area contributed by atoms with Gasteiger partial charge in [0, 0.05) is 32.7 Å². The van der Waals surface area contributed by atoms with Crippen LogP contribution in [0.5, 0.6) is 0 Å². The number of hydrogen-bond acceptors (Lipinski definition) is 2. The predicted octanol–water partition coefficient (Wildman–Crippen LogP) is 2.65. The van der Waals surface area contributed by atoms with E-state index in [9.17, 15) is 4.39 Å². The zero-order chi connectivity index (χ0) is 11.5. The van der Waals surface area contributed by atoms with E-state index in [0.717, 1.165) is 38.3 Å². The van der Waals surface area contributed by atoms with Gasteiger partial charge in [-0.3, -0.25) is 4.90 Å². The molecule has 1 aromatic carbocycles. The summed E-state index contributed by atoms with van der Waals surface area (Å²) in [7, 11) is 0. The van der Waals surface area contributed by atoms with E-state index in [4.69, 9.17) is 11.6 Å². The van der Waals surface area contributed by atoms with Crippen molar-refractivity contribution in [3.05, 3.63) is 33.0 Å². The molecule has 2 nitrogen and oxygen atoms in total. The third-order valence-electron chi connectivity index (χ3n) is 2.66. The van der Waals surface area contributed by atoms with Crippen LogP contribution in [0.3, 0.4) is 0 Å². The van der Waals surface area contributed by atoms with Crippen LogP contribution in [0.2, 0.25) is 5.02 Å². The normalized spacial score (nSPS) is 17.7. The number of nitrogens with zero attached hydrogens (tertiary/aromatic N) is 1. The van der Waals surface area contributed by atoms with Crippen LogP contribution in [-0.2, 0) is 6.54 Å². The largest absolute Gasteiger partial charge is 0.314 e. The maximum atomic E-state index is 13.4. The smallest absolute Gasteiger partial charge is 0.139 e. The molecular weight excluding hydrogens is 294 g/mol. The number of piperazine rings is 1. The maximum absolute atomic E-state index is 13.4. The first-order valence-corrected chi connectivity index (χ1v) is 6.40. The Hall–Kier alpha value is -0.160. The van der Waals surface area contributed by atoms with Gasteiger partial charge >= 0.3 is 0 Å². The van der Waals surface area contributed by atoms with Gasteiger partial charge in [0.2, 0.25) is 0 Å². The van der Waals surface area contributed by atoms with E-state index >= 15 is 0 Å². The van der Waals surface area contributed by atoms with Gasteiger partial charge in [-0.05, 0) is 33.6 Å². The molecule has 0 radical (unpaired) electrons. The van der Waals surface area contributed by atoms with Gasteiger partial charge in [-0.25, -0.2) is 4.39 Å². The van der Waals surface area contributed by atoms with E-state index in [1.54, 1.807) is 0 Å². The minimum atomic E-state index is -0.294. The molecule has 16 heavy (non-hydrogen) atoms. The molecule has 0 spiro atoms. The highest BCUT2D eigenvalue weighted by Gasteiger charge is 2.12. The lowest BCUT2D eigenvalue weighted by Gasteiger charge is -2.27. The maximum Gasteiger partial charge on any atom is 0.139 e. The van der Waals surface area contributed by atoms with Gasteiger partial charge in [0.05, 0.1) is 9.50 Å². The van der Waals surface area contributed by atoms with Crippen molar-refractivity contribution in [1.29, 1.82) is 0 Å². The molecule has 0 amide bonds. The fraction of sp³-hybridized carbons (Fsp3) is 0.455. The SMILES string of the molecule is Fc1cc(CN2CCNCC2)cc(Cl)c1Br. The molecular formula is C11H13BrClFN2. The highest BCUT2D eigenvalue weighted by Crippen LogP contribution is 2.27. The molecule has 1 aromatic rings. The van der Waals surface area contributed by atoms with Gasteiger partial charge < -0.3 is 5.32 Å². The lowest BCUT2D eigenvalue weighted by molar-refractivity contribution is 0.233. The van der Waals surface area contributed by atoms with E-state index in [-0.39, 0.29) is 5.82 Å². The second kappa shape index (κ2) is 5.45. The summed E-state index contributed by atoms with van der Waals surface area (Å²) in [5.74, 6) is -0.294. The molecule has 0 bridgehead atoms. The molecule has 2 rings (SSSR count). The van der Waals surface area contributed by atoms with Crippen LogP contribution in [0.15, 0.2) is 16.6 Å². The summed E-state index contributed by atoms with van der Waals surface area (Å²) in [4.78, 5) is 2.29. The quantitative estimate of drug-likeness (QED) is 0.845. The zero-order valence-corrected chi connectivity index (χ0v) is 11.1. The average molecular weight is 308 g/mol. The molecule has 1 saturated heterocycles. The summed E-state index contributed by atoms with van der Waals surface area (Å²) in [6.07, 6.45) is 0. The van der Waals surface area contributed by atoms with Gasteiger partial charge in [0.25, 0.3) is 0 Å². The Balaban J connectivity index is 2.09. The average Bonchev–Trinajstić information content (AvgIpc) is 2.27. The van der Waals surface area contributed by atoms with Crippen molar-refractivity contribution in [2.75, 3.05) is 26.2 Å². The second-order valence-electron chi connectivity index (χ2n) is 3.90. The van der Waals surface area contributed by atoms with Gasteiger partial charge in [0.15, 0.2) is 0 Å². The van der Waals surface area contributed by atoms with Crippen molar-refractivity contribution in [3.8, 4) is 0 Å². The van der Waals surface area contributed by atoms with Crippen molar-refractivity contribution >= 4 is 27.5 Å². The summed E-state index contributed by atoms with van der Waals surface area (Å²) in [6.45, 7) is 4.73. The van der Waals surface area contributed by atoms with Gasteiger partial charge in [-0.15, -0.1) is 0 Å². The highest BCUT2D eigenvalue weighted by molar-refractivity contribution is 9.10. The fourth-order valence-corrected chi connectivity index (χ4v) is 2.29. The summed E-state index contributed by atoms with van der Waals surface area (Å²) in [5, 5.41) is 3.72. The lowest BCUT2D eigenvalue weighted by atomic mass is 10.2. The first-order valence-electron chi connectivity index (χ1n) is 5.23. The number of rotatable bonds is 2. The molecule has 5 heteroatoms. The van der Waals surface area contributed by atoms with Crippen LogP contribution in [0, 0.1) is 5.82 Å². The van der Waals surface area contributed by atoms with Crippen molar-refractivity contribution < 1.29 is 4.39 Å². The van der Waals surface area contributed by atoms with E-state index in [0.29, 0.717) is 9.50 Å². The molecule has 0 aliphatic carbocycles. The summed E-state index contributed by atoms with van der Waals surface area (Å²) in [6, 6.07) is 3.36. The van der Waals surface area contributed by atoms with Crippen molar-refractivity contribution in [1.82, 2.24) is 10.2 Å². The molecule has 1 aliphatic rings. The molecule has 1 aliphatic heterocycles. The van der Waals surface area contributed by atoms with Gasteiger partial charge in [-0.1, -0.05) is 11.6 Å². The van der Waals surface area contributed by atoms with E-state index in [2.05, 4.69) is 26.1 Å². The van der Waals surface area contributed by atoms with Crippen molar-refractivity contribution in [2.24, 2.45) is 0 Å². The Bertz CT molecular complexity index is 357. The van der Waals surface area contributed by atoms with E-state index in [1.807, 2.05) is 6.07 Å². The lowest BCUT2D eigenvalue weighted by Crippen LogP contribution is -2.42. The summed E-state index contributed by atoms with van der Waals surface area (Å²) in [5.41, 5.74) is 0.924. The number of halogens is 3. The molecule has 1 fully saturated rings. The second-order valence-corrected chi connectivity index (χ2v) is 5.10. The van der Waals surface area contributed by atoms with Crippen LogP contribution in [0.1, 0.15) is 5.56 Å². The Labute approximate surface area is 108 Å². The van der Waals surface area contributed by atoms with Crippen LogP contribution < -0.4 is 5.32 Å². The topological polar surface area (TPSA) is 15.3 Å². The Morgan fingerprint density at radius 1 is 1.38 bits per heavy atom. The Morgan fingerprint density at radius 3 is 2.69 bits per heavy atom. The van der Waals surface area contributed by atoms with E-state index in [1.165, 1.54) is 6.07 Å². The first kappa shape index (κ1) is 12.3. The van der Waals surface area contributed by atoms with Gasteiger partial charge in [0.1, 0.15) is 5.82 Å². The zero-order valence-electron chi connectivity index (χ0n) is 8.77. The minimum absolute atomic E-state index is 0.294. The highest BCUT2D eigenvalue weighted by atomic mass is 79.9. The number of nitrogens with one attached hydrogen (secondary N) is 1. The fourth-order valence-electron chi connectivity index (χ4n) is 1.83. The van der Waals surface area contributed by atoms with Gasteiger partial charge in [-0.2, -0.15) is 0 Å². The minimum Gasteiger partial charge on any atom is -0.314 e. The molecule has 0 unspecified atom stereocenters. The molecule has 1 heterocycles. The summed E-state index contributed by atoms with van der Waals surface area (Å²) >= 11 is 9.03. The van der Waals surface area contributed by atoms with E-state index < -0.39 is 0 Å². The van der Waals surface area contributed by atoms with Crippen molar-refractivity contribution in [2.45, 2.75) is 6.54 Å². The molecule has 0 saturated carbocycles. The molecule has 88 valence electrons. The monoisotopic (exact) mass is 306 g/mol. The van der Waals surface area contributed by atoms with Crippen LogP contribution in [-0.4, -0.2) is 31.1 Å². The third-order valence-corrected chi connectivity index (χ3v) is 3.99. The Morgan fingerprint density at radius 2 is 2.06 bits per heavy atom. The molecule has 0 aromatic heterocycles. The first-order chi connectivity index (χ1) is 7.66. The summed E-state index contributed by atoms with van der Waals surface area (Å²) < 4.78 is 13.8. The van der Waals surface area contributed by atoms with Crippen LogP contribution in [0.25, 0.3) is 0 Å². The number of benzene rings is 1. The standard InChI is InChI=1S/C11H13BrClFN2/c12-11-9(13)5-8(6-10(11)14)7-16-3-1-15-2-4-16/h5-6,15H,1-4,7H2.